The maximum Gasteiger partial charge on any atom is 0.121 e. The van der Waals surface area contributed by atoms with Gasteiger partial charge in [0.1, 0.15) is 11.5 Å². The van der Waals surface area contributed by atoms with E-state index in [9.17, 15) is 10.2 Å². The summed E-state index contributed by atoms with van der Waals surface area (Å²) in [5.74, 6) is 0.696. The molecule has 0 radical (unpaired) electrons. The number of hydrogen-bond donors (Lipinski definition) is 3. The first-order chi connectivity index (χ1) is 6.69. The molecule has 0 heterocycles. The monoisotopic (exact) mass is 233 g/mol. The van der Waals surface area contributed by atoms with E-state index in [0.29, 0.717) is 17.9 Å². The van der Waals surface area contributed by atoms with Crippen LogP contribution in [0.4, 0.5) is 0 Å². The molecule has 0 fully saturated rings. The lowest BCUT2D eigenvalue weighted by Gasteiger charge is -2.13. The predicted molar refractivity (Wildman–Crippen MR) is 60.8 cm³/mol. The minimum absolute atomic E-state index is 0. The van der Waals surface area contributed by atoms with Gasteiger partial charge in [-0.1, -0.05) is 0 Å². The molecule has 15 heavy (non-hydrogen) atoms. The van der Waals surface area contributed by atoms with Crippen LogP contribution in [-0.4, -0.2) is 30.9 Å². The largest absolute Gasteiger partial charge is 0.508 e. The van der Waals surface area contributed by atoms with Crippen LogP contribution in [0.2, 0.25) is 0 Å². The lowest BCUT2D eigenvalue weighted by Crippen LogP contribution is -2.16. The van der Waals surface area contributed by atoms with Gasteiger partial charge < -0.3 is 20.3 Å². The molecule has 1 rings (SSSR count). The number of likely N-dealkylation sites (N-methyl/N-ethyl adjacent to an activating group) is 1. The molecule has 0 bridgehead atoms. The van der Waals surface area contributed by atoms with E-state index in [1.165, 1.54) is 6.07 Å². The second-order valence-corrected chi connectivity index (χ2v) is 3.00. The molecule has 0 aliphatic heterocycles. The topological polar surface area (TPSA) is 61.7 Å². The fourth-order valence-electron chi connectivity index (χ4n) is 1.23. The van der Waals surface area contributed by atoms with Gasteiger partial charge >= 0.3 is 0 Å². The van der Waals surface area contributed by atoms with Gasteiger partial charge in [-0.3, -0.25) is 0 Å². The van der Waals surface area contributed by atoms with Crippen LogP contribution in [0, 0.1) is 0 Å². The molecule has 0 aromatic heterocycles. The molecule has 0 saturated carbocycles. The third-order valence-corrected chi connectivity index (χ3v) is 1.99. The van der Waals surface area contributed by atoms with Crippen molar-refractivity contribution in [3.8, 4) is 11.5 Å². The highest BCUT2D eigenvalue weighted by Gasteiger charge is 2.12. The van der Waals surface area contributed by atoms with E-state index in [0.717, 1.165) is 0 Å². The molecular formula is C10H16ClNO3. The minimum atomic E-state index is -0.727. The summed E-state index contributed by atoms with van der Waals surface area (Å²) in [6, 6.07) is 4.77. The van der Waals surface area contributed by atoms with Gasteiger partial charge in [-0.2, -0.15) is 0 Å². The number of phenolic OH excluding ortho intramolecular Hbond substituents is 1. The summed E-state index contributed by atoms with van der Waals surface area (Å²) in [5, 5.41) is 22.0. The molecule has 0 amide bonds. The Kier molecular flexibility index (Phi) is 6.08. The summed E-state index contributed by atoms with van der Waals surface area (Å²) in [5.41, 5.74) is 0.471. The molecule has 5 heteroatoms. The van der Waals surface area contributed by atoms with E-state index in [1.54, 1.807) is 26.3 Å². The van der Waals surface area contributed by atoms with E-state index in [2.05, 4.69) is 5.32 Å². The maximum atomic E-state index is 9.64. The Morgan fingerprint density at radius 1 is 1.47 bits per heavy atom. The Hall–Kier alpha value is -0.970. The molecule has 3 N–H and O–H groups in total. The second kappa shape index (κ2) is 6.50. The number of hydrogen-bond acceptors (Lipinski definition) is 4. The average molecular weight is 234 g/mol. The van der Waals surface area contributed by atoms with Crippen molar-refractivity contribution in [1.82, 2.24) is 5.32 Å². The van der Waals surface area contributed by atoms with E-state index in [4.69, 9.17) is 4.74 Å². The van der Waals surface area contributed by atoms with Crippen LogP contribution in [0.25, 0.3) is 0 Å². The van der Waals surface area contributed by atoms with Crippen LogP contribution in [0.3, 0.4) is 0 Å². The van der Waals surface area contributed by atoms with Crippen molar-refractivity contribution in [2.45, 2.75) is 6.10 Å². The molecule has 0 saturated heterocycles. The number of aromatic hydroxyl groups is 1. The fourth-order valence-corrected chi connectivity index (χ4v) is 1.23. The number of aliphatic hydroxyl groups excluding tert-OH is 1. The van der Waals surface area contributed by atoms with Gasteiger partial charge in [-0.25, -0.2) is 0 Å². The minimum Gasteiger partial charge on any atom is -0.508 e. The molecule has 4 nitrogen and oxygen atoms in total. The van der Waals surface area contributed by atoms with Crippen molar-refractivity contribution >= 4 is 12.4 Å². The van der Waals surface area contributed by atoms with Crippen LogP contribution in [0.15, 0.2) is 18.2 Å². The Morgan fingerprint density at radius 3 is 2.67 bits per heavy atom. The molecule has 0 aliphatic carbocycles. The third-order valence-electron chi connectivity index (χ3n) is 1.99. The molecular weight excluding hydrogens is 218 g/mol. The van der Waals surface area contributed by atoms with Gasteiger partial charge in [0.25, 0.3) is 0 Å². The number of aliphatic hydroxyl groups is 1. The van der Waals surface area contributed by atoms with Crippen LogP contribution in [-0.2, 0) is 0 Å². The molecule has 1 aromatic carbocycles. The number of methoxy groups -OCH3 is 1. The zero-order chi connectivity index (χ0) is 10.6. The van der Waals surface area contributed by atoms with E-state index >= 15 is 0 Å². The standard InChI is InChI=1S/C10H15NO3.ClH/c1-11-6-10(13)8-5-7(14-2)3-4-9(8)12;/h3-5,10-13H,6H2,1-2H3;1H. The SMILES string of the molecule is CNCC(O)c1cc(OC)ccc1O.Cl. The van der Waals surface area contributed by atoms with E-state index < -0.39 is 6.10 Å². The first kappa shape index (κ1) is 14.0. The number of halogens is 1. The fraction of sp³-hybridized carbons (Fsp3) is 0.400. The summed E-state index contributed by atoms with van der Waals surface area (Å²) in [6.07, 6.45) is -0.727. The Bertz CT molecular complexity index is 307. The molecule has 0 spiro atoms. The van der Waals surface area contributed by atoms with Gasteiger partial charge in [0.05, 0.1) is 13.2 Å². The summed E-state index contributed by atoms with van der Waals surface area (Å²) in [6.45, 7) is 0.390. The van der Waals surface area contributed by atoms with Crippen LogP contribution >= 0.6 is 12.4 Å². The first-order valence-corrected chi connectivity index (χ1v) is 4.38. The van der Waals surface area contributed by atoms with Crippen molar-refractivity contribution in [2.75, 3.05) is 20.7 Å². The summed E-state index contributed by atoms with van der Waals surface area (Å²) < 4.78 is 5.00. The highest BCUT2D eigenvalue weighted by Crippen LogP contribution is 2.27. The van der Waals surface area contributed by atoms with Gasteiger partial charge in [0.2, 0.25) is 0 Å². The Morgan fingerprint density at radius 2 is 2.13 bits per heavy atom. The van der Waals surface area contributed by atoms with Gasteiger partial charge in [0.15, 0.2) is 0 Å². The molecule has 86 valence electrons. The third kappa shape index (κ3) is 3.58. The smallest absolute Gasteiger partial charge is 0.121 e. The van der Waals surface area contributed by atoms with Crippen LogP contribution in [0.1, 0.15) is 11.7 Å². The number of rotatable bonds is 4. The number of phenols is 1. The number of ether oxygens (including phenoxy) is 1. The van der Waals surface area contributed by atoms with Gasteiger partial charge in [0, 0.05) is 12.1 Å². The molecule has 1 aromatic rings. The van der Waals surface area contributed by atoms with Crippen molar-refractivity contribution in [3.05, 3.63) is 23.8 Å². The lowest BCUT2D eigenvalue weighted by atomic mass is 10.1. The molecule has 0 aliphatic rings. The summed E-state index contributed by atoms with van der Waals surface area (Å²) in [4.78, 5) is 0. The molecule has 1 unspecified atom stereocenters. The zero-order valence-corrected chi connectivity index (χ0v) is 9.54. The van der Waals surface area contributed by atoms with E-state index in [-0.39, 0.29) is 18.2 Å². The van der Waals surface area contributed by atoms with Crippen molar-refractivity contribution < 1.29 is 14.9 Å². The van der Waals surface area contributed by atoms with E-state index in [1.807, 2.05) is 0 Å². The average Bonchev–Trinajstić information content (AvgIpc) is 2.19. The summed E-state index contributed by atoms with van der Waals surface area (Å²) in [7, 11) is 3.28. The normalized spacial score (nSPS) is 11.7. The number of benzene rings is 1. The van der Waals surface area contributed by atoms with Gasteiger partial charge in [-0.05, 0) is 25.2 Å². The Balaban J connectivity index is 0.00000196. The van der Waals surface area contributed by atoms with Crippen molar-refractivity contribution in [3.63, 3.8) is 0 Å². The van der Waals surface area contributed by atoms with Crippen LogP contribution in [0.5, 0.6) is 11.5 Å². The summed E-state index contributed by atoms with van der Waals surface area (Å²) >= 11 is 0. The molecule has 1 atom stereocenters. The quantitative estimate of drug-likeness (QED) is 0.728. The van der Waals surface area contributed by atoms with Crippen molar-refractivity contribution in [2.24, 2.45) is 0 Å². The highest BCUT2D eigenvalue weighted by molar-refractivity contribution is 5.85. The van der Waals surface area contributed by atoms with Crippen LogP contribution < -0.4 is 10.1 Å². The second-order valence-electron chi connectivity index (χ2n) is 3.00. The Labute approximate surface area is 95.3 Å². The van der Waals surface area contributed by atoms with Gasteiger partial charge in [-0.15, -0.1) is 12.4 Å². The lowest BCUT2D eigenvalue weighted by molar-refractivity contribution is 0.173. The maximum absolute atomic E-state index is 9.64. The van der Waals surface area contributed by atoms with Crippen molar-refractivity contribution in [1.29, 1.82) is 0 Å². The zero-order valence-electron chi connectivity index (χ0n) is 8.73. The predicted octanol–water partition coefficient (Wildman–Crippen LogP) is 1.08. The number of nitrogens with one attached hydrogen (secondary N) is 1. The highest BCUT2D eigenvalue weighted by atomic mass is 35.5. The first-order valence-electron chi connectivity index (χ1n) is 4.38.